The summed E-state index contributed by atoms with van der Waals surface area (Å²) < 4.78 is 22.4. The minimum atomic E-state index is -3.64. The van der Waals surface area contributed by atoms with Crippen LogP contribution in [0.2, 0.25) is 0 Å². The molecule has 120 valence electrons. The first-order chi connectivity index (χ1) is 9.65. The Morgan fingerprint density at radius 2 is 1.86 bits per heavy atom. The van der Waals surface area contributed by atoms with Gasteiger partial charge in [0.15, 0.2) is 0 Å². The predicted octanol–water partition coefficient (Wildman–Crippen LogP) is 1.78. The summed E-state index contributed by atoms with van der Waals surface area (Å²) in [6, 6.07) is 6.73. The van der Waals surface area contributed by atoms with Crippen LogP contribution in [0.4, 0.5) is 0 Å². The third-order valence-corrected chi connectivity index (χ3v) is 4.54. The Bertz CT molecular complexity index is 539. The van der Waals surface area contributed by atoms with Crippen LogP contribution >= 0.6 is 0 Å². The van der Waals surface area contributed by atoms with Gasteiger partial charge < -0.3 is 10.4 Å². The number of nitrogens with two attached hydrogens (primary N) is 1. The Morgan fingerprint density at radius 3 is 2.33 bits per heavy atom. The molecule has 0 fully saturated rings. The maximum atomic E-state index is 11.2. The lowest BCUT2D eigenvalue weighted by atomic mass is 9.87. The number of sulfonamides is 1. The zero-order valence-corrected chi connectivity index (χ0v) is 13.8. The van der Waals surface area contributed by atoms with E-state index >= 15 is 0 Å². The highest BCUT2D eigenvalue weighted by Gasteiger charge is 2.18. The van der Waals surface area contributed by atoms with Crippen LogP contribution in [0.1, 0.15) is 45.2 Å². The van der Waals surface area contributed by atoms with Crippen molar-refractivity contribution in [1.82, 2.24) is 5.32 Å². The van der Waals surface area contributed by atoms with E-state index in [-0.39, 0.29) is 23.0 Å². The number of rotatable bonds is 8. The zero-order valence-electron chi connectivity index (χ0n) is 13.0. The van der Waals surface area contributed by atoms with Gasteiger partial charge >= 0.3 is 0 Å². The lowest BCUT2D eigenvalue weighted by Gasteiger charge is -2.27. The minimum absolute atomic E-state index is 0.109. The highest BCUT2D eigenvalue weighted by molar-refractivity contribution is 7.89. The molecular weight excluding hydrogens is 288 g/mol. The summed E-state index contributed by atoms with van der Waals surface area (Å²) in [5.74, 6) is 0. The molecule has 0 amide bonds. The standard InChI is InChI=1S/C15H26N2O3S/c1-12(17-11-15(2,3)9-4-10-18)13-5-7-14(8-6-13)21(16,19)20/h5-8,12,17-18H,4,9-11H2,1-3H3,(H2,16,19,20). The van der Waals surface area contributed by atoms with E-state index in [1.54, 1.807) is 12.1 Å². The first-order valence-electron chi connectivity index (χ1n) is 7.13. The van der Waals surface area contributed by atoms with Crippen LogP contribution in [0.25, 0.3) is 0 Å². The molecule has 0 radical (unpaired) electrons. The van der Waals surface area contributed by atoms with Gasteiger partial charge in [-0.3, -0.25) is 0 Å². The highest BCUT2D eigenvalue weighted by atomic mass is 32.2. The van der Waals surface area contributed by atoms with E-state index in [1.807, 2.05) is 6.92 Å². The van der Waals surface area contributed by atoms with Crippen LogP contribution in [-0.4, -0.2) is 26.7 Å². The number of aliphatic hydroxyl groups is 1. The Hall–Kier alpha value is -0.950. The van der Waals surface area contributed by atoms with Crippen molar-refractivity contribution in [2.24, 2.45) is 10.6 Å². The van der Waals surface area contributed by atoms with Crippen molar-refractivity contribution in [2.45, 2.75) is 44.6 Å². The molecule has 0 spiro atoms. The van der Waals surface area contributed by atoms with Crippen LogP contribution in [0.15, 0.2) is 29.2 Å². The van der Waals surface area contributed by atoms with Gasteiger partial charge in [0, 0.05) is 19.2 Å². The third kappa shape index (κ3) is 6.13. The number of hydrogen-bond donors (Lipinski definition) is 3. The Balaban J connectivity index is 2.62. The van der Waals surface area contributed by atoms with Gasteiger partial charge in [0.25, 0.3) is 0 Å². The smallest absolute Gasteiger partial charge is 0.238 e. The molecular formula is C15H26N2O3S. The molecule has 0 aliphatic rings. The summed E-state index contributed by atoms with van der Waals surface area (Å²) in [6.07, 6.45) is 1.75. The van der Waals surface area contributed by atoms with Crippen LogP contribution in [0.5, 0.6) is 0 Å². The van der Waals surface area contributed by atoms with E-state index in [0.29, 0.717) is 0 Å². The van der Waals surface area contributed by atoms with Crippen molar-refractivity contribution in [3.63, 3.8) is 0 Å². The molecule has 1 aromatic carbocycles. The number of aliphatic hydroxyl groups excluding tert-OH is 1. The van der Waals surface area contributed by atoms with E-state index in [9.17, 15) is 8.42 Å². The third-order valence-electron chi connectivity index (χ3n) is 3.61. The summed E-state index contributed by atoms with van der Waals surface area (Å²) in [7, 11) is -3.64. The molecule has 0 bridgehead atoms. The molecule has 5 nitrogen and oxygen atoms in total. The van der Waals surface area contributed by atoms with Gasteiger partial charge in [0.05, 0.1) is 4.90 Å². The number of hydrogen-bond acceptors (Lipinski definition) is 4. The molecule has 21 heavy (non-hydrogen) atoms. The van der Waals surface area contributed by atoms with Crippen molar-refractivity contribution < 1.29 is 13.5 Å². The minimum Gasteiger partial charge on any atom is -0.396 e. The quantitative estimate of drug-likeness (QED) is 0.682. The molecule has 1 atom stereocenters. The van der Waals surface area contributed by atoms with Crippen molar-refractivity contribution in [2.75, 3.05) is 13.2 Å². The van der Waals surface area contributed by atoms with Crippen molar-refractivity contribution in [3.8, 4) is 0 Å². The average molecular weight is 314 g/mol. The maximum Gasteiger partial charge on any atom is 0.238 e. The SMILES string of the molecule is CC(NCC(C)(C)CCCO)c1ccc(S(N)(=O)=O)cc1. The zero-order chi connectivity index (χ0) is 16.1. The normalized spacial score (nSPS) is 14.1. The van der Waals surface area contributed by atoms with Gasteiger partial charge in [-0.2, -0.15) is 0 Å². The molecule has 1 aromatic rings. The summed E-state index contributed by atoms with van der Waals surface area (Å²) in [6.45, 7) is 7.39. The van der Waals surface area contributed by atoms with Gasteiger partial charge in [-0.05, 0) is 42.9 Å². The molecule has 0 aromatic heterocycles. The molecule has 0 aliphatic carbocycles. The summed E-state index contributed by atoms with van der Waals surface area (Å²) in [4.78, 5) is 0.127. The topological polar surface area (TPSA) is 92.4 Å². The van der Waals surface area contributed by atoms with Crippen molar-refractivity contribution in [3.05, 3.63) is 29.8 Å². The van der Waals surface area contributed by atoms with Gasteiger partial charge in [-0.25, -0.2) is 13.6 Å². The molecule has 1 rings (SSSR count). The summed E-state index contributed by atoms with van der Waals surface area (Å²) in [5, 5.41) is 17.4. The monoisotopic (exact) mass is 314 g/mol. The second-order valence-corrected chi connectivity index (χ2v) is 7.77. The van der Waals surface area contributed by atoms with Crippen molar-refractivity contribution in [1.29, 1.82) is 0 Å². The Morgan fingerprint density at radius 1 is 1.29 bits per heavy atom. The number of primary sulfonamides is 1. The first kappa shape index (κ1) is 18.1. The molecule has 1 unspecified atom stereocenters. The molecule has 6 heteroatoms. The highest BCUT2D eigenvalue weighted by Crippen LogP contribution is 2.23. The first-order valence-corrected chi connectivity index (χ1v) is 8.67. The van der Waals surface area contributed by atoms with E-state index in [2.05, 4.69) is 19.2 Å². The average Bonchev–Trinajstić information content (AvgIpc) is 2.42. The fraction of sp³-hybridized carbons (Fsp3) is 0.600. The molecule has 0 aliphatic heterocycles. The Kier molecular flexibility index (Phi) is 6.34. The molecule has 0 heterocycles. The van der Waals surface area contributed by atoms with E-state index < -0.39 is 10.0 Å². The predicted molar refractivity (Wildman–Crippen MR) is 84.3 cm³/mol. The van der Waals surface area contributed by atoms with E-state index in [0.717, 1.165) is 24.9 Å². The largest absolute Gasteiger partial charge is 0.396 e. The summed E-state index contributed by atoms with van der Waals surface area (Å²) in [5.41, 5.74) is 1.12. The fourth-order valence-corrected chi connectivity index (χ4v) is 2.65. The number of nitrogens with one attached hydrogen (secondary N) is 1. The van der Waals surface area contributed by atoms with Crippen LogP contribution in [0, 0.1) is 5.41 Å². The Labute approximate surface area is 127 Å². The van der Waals surface area contributed by atoms with Crippen LogP contribution < -0.4 is 10.5 Å². The molecule has 4 N–H and O–H groups in total. The number of benzene rings is 1. The van der Waals surface area contributed by atoms with E-state index in [1.165, 1.54) is 12.1 Å². The van der Waals surface area contributed by atoms with Crippen LogP contribution in [0.3, 0.4) is 0 Å². The fourth-order valence-electron chi connectivity index (χ4n) is 2.14. The second-order valence-electron chi connectivity index (χ2n) is 6.21. The molecule has 0 saturated carbocycles. The lowest BCUT2D eigenvalue weighted by molar-refractivity contribution is 0.233. The van der Waals surface area contributed by atoms with Gasteiger partial charge in [0.2, 0.25) is 10.0 Å². The maximum absolute atomic E-state index is 11.2. The van der Waals surface area contributed by atoms with Gasteiger partial charge in [-0.15, -0.1) is 0 Å². The lowest BCUT2D eigenvalue weighted by Crippen LogP contribution is -2.31. The molecule has 0 saturated heterocycles. The van der Waals surface area contributed by atoms with Gasteiger partial charge in [-0.1, -0.05) is 26.0 Å². The van der Waals surface area contributed by atoms with Gasteiger partial charge in [0.1, 0.15) is 0 Å². The second kappa shape index (κ2) is 7.35. The van der Waals surface area contributed by atoms with Crippen molar-refractivity contribution >= 4 is 10.0 Å². The summed E-state index contributed by atoms with van der Waals surface area (Å²) >= 11 is 0. The van der Waals surface area contributed by atoms with E-state index in [4.69, 9.17) is 10.2 Å². The van der Waals surface area contributed by atoms with Crippen LogP contribution in [-0.2, 0) is 10.0 Å².